The fourth-order valence-electron chi connectivity index (χ4n) is 3.09. The van der Waals surface area contributed by atoms with Crippen LogP contribution in [0.4, 0.5) is 26.3 Å². The number of thiol groups is 1. The van der Waals surface area contributed by atoms with Gasteiger partial charge in [-0.1, -0.05) is 16.9 Å². The summed E-state index contributed by atoms with van der Waals surface area (Å²) in [6, 6.07) is 3.05. The number of hydrogen-bond donors (Lipinski definition) is 1. The number of rotatable bonds is 4. The summed E-state index contributed by atoms with van der Waals surface area (Å²) in [4.78, 5) is 4.94. The Morgan fingerprint density at radius 2 is 1.73 bits per heavy atom. The van der Waals surface area contributed by atoms with E-state index >= 15 is 0 Å². The molecule has 0 radical (unpaired) electrons. The minimum atomic E-state index is -4.71. The van der Waals surface area contributed by atoms with Gasteiger partial charge in [0.1, 0.15) is 10.5 Å². The maximum absolute atomic E-state index is 13.3. The van der Waals surface area contributed by atoms with E-state index in [9.17, 15) is 30.6 Å². The van der Waals surface area contributed by atoms with E-state index in [-0.39, 0.29) is 27.7 Å². The van der Waals surface area contributed by atoms with Gasteiger partial charge in [0.05, 0.1) is 4.88 Å². The molecule has 4 heterocycles. The lowest BCUT2D eigenvalue weighted by Crippen LogP contribution is -2.13. The monoisotopic (exact) mass is 510 g/mol. The molecule has 0 aliphatic carbocycles. The summed E-state index contributed by atoms with van der Waals surface area (Å²) in [5.41, 5.74) is -2.30. The van der Waals surface area contributed by atoms with E-state index in [1.165, 1.54) is 23.9 Å². The molecule has 0 aliphatic heterocycles. The molecule has 4 rings (SSSR count). The predicted molar refractivity (Wildman–Crippen MR) is 111 cm³/mol. The van der Waals surface area contributed by atoms with Gasteiger partial charge in [-0.25, -0.2) is 9.67 Å². The molecule has 0 N–H and O–H groups in total. The zero-order valence-corrected chi connectivity index (χ0v) is 18.9. The van der Waals surface area contributed by atoms with Crippen LogP contribution < -0.4 is 0 Å². The van der Waals surface area contributed by atoms with Gasteiger partial charge in [0.25, 0.3) is 0 Å². The van der Waals surface area contributed by atoms with Crippen LogP contribution in [0.1, 0.15) is 18.3 Å². The second kappa shape index (κ2) is 7.62. The number of fused-ring (bicyclic) bond motifs is 1. The Bertz CT molecular complexity index is 1400. The third-order valence-corrected chi connectivity index (χ3v) is 8.88. The molecule has 0 aromatic carbocycles. The van der Waals surface area contributed by atoms with Crippen molar-refractivity contribution in [3.05, 3.63) is 35.8 Å². The van der Waals surface area contributed by atoms with E-state index in [0.717, 1.165) is 34.3 Å². The molecule has 178 valence electrons. The number of aryl methyl sites for hydroxylation is 1. The third kappa shape index (κ3) is 4.14. The van der Waals surface area contributed by atoms with Crippen molar-refractivity contribution in [2.75, 3.05) is 12.0 Å². The average Bonchev–Trinajstić information content (AvgIpc) is 3.43. The molecule has 33 heavy (non-hydrogen) atoms. The van der Waals surface area contributed by atoms with Crippen molar-refractivity contribution < 1.29 is 30.6 Å². The van der Waals surface area contributed by atoms with Crippen LogP contribution in [-0.2, 0) is 29.3 Å². The number of halogens is 6. The van der Waals surface area contributed by atoms with Crippen molar-refractivity contribution in [3.63, 3.8) is 0 Å². The van der Waals surface area contributed by atoms with Crippen LogP contribution >= 0.6 is 11.3 Å². The van der Waals surface area contributed by atoms with Gasteiger partial charge in [-0.2, -0.15) is 31.4 Å². The summed E-state index contributed by atoms with van der Waals surface area (Å²) in [6.07, 6.45) is -6.69. The van der Waals surface area contributed by atoms with Crippen LogP contribution in [0.5, 0.6) is 0 Å². The lowest BCUT2D eigenvalue weighted by Gasteiger charge is -2.16. The topological polar surface area (TPSA) is 78.5 Å². The highest BCUT2D eigenvalue weighted by Gasteiger charge is 2.35. The molecule has 0 atom stereocenters. The molecule has 0 bridgehead atoms. The normalized spacial score (nSPS) is 13.7. The summed E-state index contributed by atoms with van der Waals surface area (Å²) in [6.45, 7) is 1.70. The molecule has 4 aromatic heterocycles. The van der Waals surface area contributed by atoms with Crippen LogP contribution in [0, 0.1) is 0 Å². The van der Waals surface area contributed by atoms with Gasteiger partial charge in [-0.15, -0.1) is 21.5 Å². The van der Waals surface area contributed by atoms with Crippen LogP contribution in [0.2, 0.25) is 0 Å². The average molecular weight is 510 g/mol. The number of nitrogens with zero attached hydrogens (tertiary/aromatic N) is 6. The zero-order chi connectivity index (χ0) is 24.3. The first-order valence-corrected chi connectivity index (χ1v) is 12.5. The summed E-state index contributed by atoms with van der Waals surface area (Å²) < 4.78 is 93.7. The molecule has 0 unspecified atom stereocenters. The first-order chi connectivity index (χ1) is 15.2. The second-order valence-electron chi connectivity index (χ2n) is 7.29. The van der Waals surface area contributed by atoms with Gasteiger partial charge in [0.15, 0.2) is 22.9 Å². The fraction of sp³-hybridized carbons (Fsp3) is 0.333. The predicted octanol–water partition coefficient (Wildman–Crippen LogP) is 4.34. The molecular formula is C18H16F6N6OS2. The molecule has 0 saturated heterocycles. The maximum atomic E-state index is 13.3. The number of thiophene rings is 1. The Kier molecular flexibility index (Phi) is 5.39. The summed E-state index contributed by atoms with van der Waals surface area (Å²) in [5.74, 6) is 0.425. The molecule has 15 heteroatoms. The molecule has 4 aromatic rings. The largest absolute Gasteiger partial charge is 0.435 e. The molecule has 0 fully saturated rings. The van der Waals surface area contributed by atoms with Gasteiger partial charge in [0, 0.05) is 30.0 Å². The fourth-order valence-corrected chi connectivity index (χ4v) is 6.18. The molecule has 0 aliphatic rings. The van der Waals surface area contributed by atoms with Gasteiger partial charge in [-0.3, -0.25) is 4.21 Å². The highest BCUT2D eigenvalue weighted by molar-refractivity contribution is 8.02. The smallest absolute Gasteiger partial charge is 0.310 e. The van der Waals surface area contributed by atoms with Crippen molar-refractivity contribution in [1.82, 2.24) is 29.5 Å². The Hall–Kier alpha value is -2.81. The van der Waals surface area contributed by atoms with Crippen LogP contribution in [0.3, 0.4) is 0 Å². The summed E-state index contributed by atoms with van der Waals surface area (Å²) in [7, 11) is -1.46. The lowest BCUT2D eigenvalue weighted by molar-refractivity contribution is -0.142. The highest BCUT2D eigenvalue weighted by atomic mass is 32.2. The number of alkyl halides is 6. The lowest BCUT2D eigenvalue weighted by atomic mass is 10.3. The summed E-state index contributed by atoms with van der Waals surface area (Å²) in [5, 5.41) is 10.6. The maximum Gasteiger partial charge on any atom is 0.435 e. The Morgan fingerprint density at radius 3 is 2.30 bits per heavy atom. The highest BCUT2D eigenvalue weighted by Crippen LogP contribution is 2.40. The standard InChI is InChI=1S/C18H16F6N6OS2/c1-4-33(3,31)10-8-13(30-6-5-11(28-30)17(19,20)21)32-14(10)16-25-9-7-12(18(22,23)24)26-27-15(9)29(16)2/h5-8,33H,4H2,1-3H3. The Balaban J connectivity index is 1.91. The molecule has 7 nitrogen and oxygen atoms in total. The van der Waals surface area contributed by atoms with Crippen molar-refractivity contribution in [2.45, 2.75) is 24.2 Å². The third-order valence-electron chi connectivity index (χ3n) is 5.03. The van der Waals surface area contributed by atoms with Crippen LogP contribution in [0.15, 0.2) is 29.3 Å². The van der Waals surface area contributed by atoms with Crippen LogP contribution in [0.25, 0.3) is 26.9 Å². The van der Waals surface area contributed by atoms with Gasteiger partial charge < -0.3 is 4.57 Å². The van der Waals surface area contributed by atoms with E-state index in [1.807, 2.05) is 0 Å². The minimum absolute atomic E-state index is 0.0692. The minimum Gasteiger partial charge on any atom is -0.310 e. The van der Waals surface area contributed by atoms with Crippen molar-refractivity contribution >= 4 is 32.4 Å². The number of imidazole rings is 1. The van der Waals surface area contributed by atoms with Gasteiger partial charge >= 0.3 is 12.4 Å². The quantitative estimate of drug-likeness (QED) is 0.327. The molecular weight excluding hydrogens is 494 g/mol. The van der Waals surface area contributed by atoms with E-state index < -0.39 is 33.7 Å². The number of aromatic nitrogens is 6. The number of hydrogen-bond acceptors (Lipinski definition) is 6. The molecule has 0 saturated carbocycles. The van der Waals surface area contributed by atoms with Crippen molar-refractivity contribution in [3.8, 4) is 15.7 Å². The van der Waals surface area contributed by atoms with Gasteiger partial charge in [-0.05, 0) is 18.4 Å². The van der Waals surface area contributed by atoms with E-state index in [2.05, 4.69) is 20.3 Å². The van der Waals surface area contributed by atoms with E-state index in [0.29, 0.717) is 9.77 Å². The van der Waals surface area contributed by atoms with Crippen LogP contribution in [-0.4, -0.2) is 45.7 Å². The zero-order valence-electron chi connectivity index (χ0n) is 17.2. The molecule has 0 amide bonds. The van der Waals surface area contributed by atoms with E-state index in [4.69, 9.17) is 0 Å². The van der Waals surface area contributed by atoms with E-state index in [1.54, 1.807) is 6.92 Å². The summed E-state index contributed by atoms with van der Waals surface area (Å²) >= 11 is 0.978. The first kappa shape index (κ1) is 23.4. The first-order valence-electron chi connectivity index (χ1n) is 9.34. The second-order valence-corrected chi connectivity index (χ2v) is 11.6. The Morgan fingerprint density at radius 1 is 1.06 bits per heavy atom. The van der Waals surface area contributed by atoms with Gasteiger partial charge in [0.2, 0.25) is 0 Å². The molecule has 0 spiro atoms. The SMILES string of the molecule is CC[SH](C)(=O)c1cc(-n2ccc(C(F)(F)F)n2)sc1-c1nc2cc(C(F)(F)F)nnc2n1C. The Labute approximate surface area is 187 Å². The van der Waals surface area contributed by atoms with Crippen molar-refractivity contribution in [2.24, 2.45) is 7.05 Å². The van der Waals surface area contributed by atoms with Crippen molar-refractivity contribution in [1.29, 1.82) is 0 Å².